The first-order chi connectivity index (χ1) is 12.5. The second kappa shape index (κ2) is 8.80. The molecule has 1 saturated carbocycles. The molecule has 0 aromatic carbocycles. The van der Waals surface area contributed by atoms with Gasteiger partial charge < -0.3 is 15.5 Å². The number of nitrogens with two attached hydrogens (primary N) is 1. The summed E-state index contributed by atoms with van der Waals surface area (Å²) < 4.78 is 38.5. The average Bonchev–Trinajstić information content (AvgIpc) is 2.59. The van der Waals surface area contributed by atoms with Crippen LogP contribution in [0.5, 0.6) is 0 Å². The third-order valence-electron chi connectivity index (χ3n) is 5.81. The number of carbonyl (C=O) groups excluding carboxylic acids is 2. The number of likely N-dealkylation sites (tertiary alicyclic amines) is 1. The van der Waals surface area contributed by atoms with E-state index in [-0.39, 0.29) is 24.9 Å². The van der Waals surface area contributed by atoms with Crippen LogP contribution in [0.1, 0.15) is 58.8 Å². The molecule has 156 valence electrons. The Hall–Kier alpha value is -1.31. The Morgan fingerprint density at radius 2 is 1.93 bits per heavy atom. The monoisotopic (exact) mass is 391 g/mol. The van der Waals surface area contributed by atoms with E-state index in [1.54, 1.807) is 11.8 Å². The molecule has 2 aliphatic rings. The van der Waals surface area contributed by atoms with Crippen LogP contribution in [0.2, 0.25) is 0 Å². The van der Waals surface area contributed by atoms with Gasteiger partial charge in [0.25, 0.3) is 0 Å². The average molecular weight is 391 g/mol. The maximum atomic E-state index is 13.0. The molecule has 1 aliphatic carbocycles. The fourth-order valence-corrected chi connectivity index (χ4v) is 4.37. The summed E-state index contributed by atoms with van der Waals surface area (Å²) in [5, 5.41) is 0. The lowest BCUT2D eigenvalue weighted by atomic mass is 9.73. The summed E-state index contributed by atoms with van der Waals surface area (Å²) in [5.74, 6) is -1.38. The van der Waals surface area contributed by atoms with E-state index in [4.69, 9.17) is 5.73 Å². The number of rotatable bonds is 5. The van der Waals surface area contributed by atoms with Crippen LogP contribution in [-0.2, 0) is 9.59 Å². The summed E-state index contributed by atoms with van der Waals surface area (Å²) >= 11 is 0. The van der Waals surface area contributed by atoms with Crippen molar-refractivity contribution in [1.29, 1.82) is 0 Å². The fourth-order valence-electron chi connectivity index (χ4n) is 4.37. The first kappa shape index (κ1) is 22.0. The van der Waals surface area contributed by atoms with Crippen molar-refractivity contribution in [3.8, 4) is 0 Å². The zero-order chi connectivity index (χ0) is 20.2. The molecule has 3 unspecified atom stereocenters. The minimum Gasteiger partial charge on any atom is -0.342 e. The van der Waals surface area contributed by atoms with Crippen molar-refractivity contribution in [2.45, 2.75) is 70.5 Å². The molecular weight excluding hydrogens is 359 g/mol. The predicted octanol–water partition coefficient (Wildman–Crippen LogP) is 2.93. The lowest BCUT2D eigenvalue weighted by Crippen LogP contribution is -2.56. The molecule has 0 radical (unpaired) electrons. The van der Waals surface area contributed by atoms with Gasteiger partial charge in [-0.05, 0) is 39.0 Å². The van der Waals surface area contributed by atoms with E-state index >= 15 is 0 Å². The van der Waals surface area contributed by atoms with Crippen molar-refractivity contribution >= 4 is 11.8 Å². The van der Waals surface area contributed by atoms with E-state index < -0.39 is 30.1 Å². The van der Waals surface area contributed by atoms with Crippen LogP contribution in [0.3, 0.4) is 0 Å². The van der Waals surface area contributed by atoms with Crippen molar-refractivity contribution in [2.24, 2.45) is 17.6 Å². The lowest BCUT2D eigenvalue weighted by molar-refractivity contribution is -0.165. The van der Waals surface area contributed by atoms with E-state index in [2.05, 4.69) is 0 Å². The third kappa shape index (κ3) is 5.83. The first-order valence-electron chi connectivity index (χ1n) is 9.98. The Bertz CT molecular complexity index is 537. The number of nitrogens with zero attached hydrogens (tertiary/aromatic N) is 2. The zero-order valence-corrected chi connectivity index (χ0v) is 16.4. The van der Waals surface area contributed by atoms with Gasteiger partial charge in [0.15, 0.2) is 0 Å². The van der Waals surface area contributed by atoms with E-state index in [9.17, 15) is 22.8 Å². The van der Waals surface area contributed by atoms with Crippen molar-refractivity contribution in [3.63, 3.8) is 0 Å². The van der Waals surface area contributed by atoms with Crippen LogP contribution in [0.15, 0.2) is 0 Å². The van der Waals surface area contributed by atoms with Crippen LogP contribution in [-0.4, -0.2) is 59.5 Å². The highest BCUT2D eigenvalue weighted by atomic mass is 19.4. The Balaban J connectivity index is 2.05. The van der Waals surface area contributed by atoms with E-state index in [0.717, 1.165) is 30.6 Å². The number of halogens is 3. The second-order valence-corrected chi connectivity index (χ2v) is 8.30. The Morgan fingerprint density at radius 1 is 1.22 bits per heavy atom. The van der Waals surface area contributed by atoms with Crippen LogP contribution < -0.4 is 5.73 Å². The molecule has 0 bridgehead atoms. The molecule has 2 amide bonds. The molecule has 2 fully saturated rings. The van der Waals surface area contributed by atoms with Gasteiger partial charge in [-0.25, -0.2) is 0 Å². The number of carbonyl (C=O) groups is 2. The molecule has 5 nitrogen and oxygen atoms in total. The summed E-state index contributed by atoms with van der Waals surface area (Å²) in [5.41, 5.74) is 5.77. The minimum absolute atomic E-state index is 0.0462. The van der Waals surface area contributed by atoms with Crippen LogP contribution in [0.4, 0.5) is 13.2 Å². The maximum Gasteiger partial charge on any atom is 0.406 e. The molecule has 8 heteroatoms. The van der Waals surface area contributed by atoms with Gasteiger partial charge in [-0.2, -0.15) is 13.2 Å². The second-order valence-electron chi connectivity index (χ2n) is 8.30. The molecule has 27 heavy (non-hydrogen) atoms. The highest BCUT2D eigenvalue weighted by Gasteiger charge is 2.42. The largest absolute Gasteiger partial charge is 0.406 e. The van der Waals surface area contributed by atoms with Gasteiger partial charge in [-0.3, -0.25) is 9.59 Å². The first-order valence-corrected chi connectivity index (χ1v) is 9.98. The summed E-state index contributed by atoms with van der Waals surface area (Å²) in [6.45, 7) is 3.23. The van der Waals surface area contributed by atoms with Gasteiger partial charge >= 0.3 is 6.18 Å². The van der Waals surface area contributed by atoms with E-state index in [1.807, 2.05) is 6.92 Å². The molecule has 3 atom stereocenters. The highest BCUT2D eigenvalue weighted by Crippen LogP contribution is 2.34. The maximum absolute atomic E-state index is 13.0. The lowest BCUT2D eigenvalue weighted by Gasteiger charge is -2.42. The number of amides is 2. The minimum atomic E-state index is -4.42. The molecule has 0 spiro atoms. The molecule has 2 N–H and O–H groups in total. The van der Waals surface area contributed by atoms with E-state index in [1.165, 1.54) is 0 Å². The number of alkyl halides is 3. The van der Waals surface area contributed by atoms with Gasteiger partial charge in [0.2, 0.25) is 11.8 Å². The normalized spacial score (nSPS) is 29.5. The van der Waals surface area contributed by atoms with Gasteiger partial charge in [-0.1, -0.05) is 19.8 Å². The van der Waals surface area contributed by atoms with Crippen molar-refractivity contribution in [1.82, 2.24) is 9.80 Å². The van der Waals surface area contributed by atoms with Gasteiger partial charge in [0.05, 0.1) is 11.8 Å². The number of hydrogen-bond acceptors (Lipinski definition) is 3. The van der Waals surface area contributed by atoms with Crippen LogP contribution >= 0.6 is 0 Å². The van der Waals surface area contributed by atoms with Crippen molar-refractivity contribution in [2.75, 3.05) is 26.2 Å². The summed E-state index contributed by atoms with van der Waals surface area (Å²) in [6, 6.07) is 0. The quantitative estimate of drug-likeness (QED) is 0.784. The van der Waals surface area contributed by atoms with E-state index in [0.29, 0.717) is 25.8 Å². The van der Waals surface area contributed by atoms with Crippen LogP contribution in [0, 0.1) is 11.8 Å². The molecule has 1 aliphatic heterocycles. The molecule has 0 aromatic heterocycles. The van der Waals surface area contributed by atoms with Crippen LogP contribution in [0.25, 0.3) is 0 Å². The van der Waals surface area contributed by atoms with Crippen molar-refractivity contribution < 1.29 is 22.8 Å². The Kier molecular flexibility index (Phi) is 7.16. The Labute approximate surface area is 159 Å². The van der Waals surface area contributed by atoms with Gasteiger partial charge in [0, 0.05) is 25.2 Å². The smallest absolute Gasteiger partial charge is 0.342 e. The van der Waals surface area contributed by atoms with Crippen molar-refractivity contribution in [3.05, 3.63) is 0 Å². The highest BCUT2D eigenvalue weighted by molar-refractivity contribution is 5.83. The fraction of sp³-hybridized carbons (Fsp3) is 0.895. The standard InChI is InChI=1S/C19H32F3N3O2/c1-3-10-25(13-19(20,21)22)16(26)14-7-6-11-24(12-14)17(27)15-8-4-5-9-18(15,2)23/h14-15H,3-13,23H2,1-2H3. The van der Waals surface area contributed by atoms with Gasteiger partial charge in [-0.15, -0.1) is 0 Å². The topological polar surface area (TPSA) is 66.6 Å². The van der Waals surface area contributed by atoms with Gasteiger partial charge in [0.1, 0.15) is 6.54 Å². The molecule has 1 heterocycles. The predicted molar refractivity (Wildman–Crippen MR) is 96.8 cm³/mol. The molecular formula is C19H32F3N3O2. The molecule has 1 saturated heterocycles. The SMILES string of the molecule is CCCN(CC(F)(F)F)C(=O)C1CCCN(C(=O)C2CCCCC2(C)N)C1. The summed E-state index contributed by atoms with van der Waals surface area (Å²) in [7, 11) is 0. The third-order valence-corrected chi connectivity index (χ3v) is 5.81. The molecule has 2 rings (SSSR count). The summed E-state index contributed by atoms with van der Waals surface area (Å²) in [6.07, 6.45) is 0.666. The Morgan fingerprint density at radius 3 is 2.52 bits per heavy atom. The number of hydrogen-bond donors (Lipinski definition) is 1. The molecule has 0 aromatic rings. The zero-order valence-electron chi connectivity index (χ0n) is 16.4. The summed E-state index contributed by atoms with van der Waals surface area (Å²) in [4.78, 5) is 28.3. The number of piperidine rings is 1.